The lowest BCUT2D eigenvalue weighted by molar-refractivity contribution is 0.0774. The van der Waals surface area contributed by atoms with Crippen molar-refractivity contribution in [3.8, 4) is 0 Å². The maximum atomic E-state index is 12.8. The van der Waals surface area contributed by atoms with Crippen LogP contribution in [0.3, 0.4) is 0 Å². The van der Waals surface area contributed by atoms with Crippen LogP contribution in [0.1, 0.15) is 32.7 Å². The van der Waals surface area contributed by atoms with Crippen molar-refractivity contribution in [2.75, 3.05) is 32.7 Å². The van der Waals surface area contributed by atoms with Crippen molar-refractivity contribution >= 4 is 11.8 Å². The van der Waals surface area contributed by atoms with Crippen molar-refractivity contribution in [1.29, 1.82) is 0 Å². The van der Waals surface area contributed by atoms with E-state index in [1.165, 1.54) is 12.0 Å². The van der Waals surface area contributed by atoms with Gasteiger partial charge in [0.2, 0.25) is 5.91 Å². The molecule has 146 valence electrons. The fourth-order valence-corrected chi connectivity index (χ4v) is 4.58. The number of carbonyl (C=O) groups excluding carboxylic acids is 2. The summed E-state index contributed by atoms with van der Waals surface area (Å²) in [6.07, 6.45) is 2.29. The monoisotopic (exact) mass is 377 g/mol. The highest BCUT2D eigenvalue weighted by Crippen LogP contribution is 2.32. The molecule has 2 fully saturated rings. The van der Waals surface area contributed by atoms with Crippen LogP contribution in [-0.4, -0.2) is 54.3 Å². The molecule has 4 rings (SSSR count). The summed E-state index contributed by atoms with van der Waals surface area (Å²) < 4.78 is 0. The second kappa shape index (κ2) is 8.15. The number of benzene rings is 2. The Kier molecular flexibility index (Phi) is 5.44. The molecule has 0 radical (unpaired) electrons. The molecule has 2 aliphatic rings. The number of nitrogens with two attached hydrogens (primary N) is 1. The van der Waals surface area contributed by atoms with Crippen LogP contribution in [0.25, 0.3) is 0 Å². The molecular formula is C23H27N3O2. The lowest BCUT2D eigenvalue weighted by Gasteiger charge is -2.22. The average molecular weight is 377 g/mol. The van der Waals surface area contributed by atoms with Gasteiger partial charge in [-0.1, -0.05) is 36.4 Å². The standard InChI is InChI=1S/C23H27N3O2/c24-22(27)18-9-4-10-19(12-18)23(28)26-15-20-13-25(14-21(20)16-26)11-5-8-17-6-2-1-3-7-17/h1-4,6-7,9-10,12,20-21H,5,8,11,13-16H2,(H2,24,27)/t20-,21?/m0/s1. The predicted molar refractivity (Wildman–Crippen MR) is 109 cm³/mol. The lowest BCUT2D eigenvalue weighted by atomic mass is 10.0. The minimum absolute atomic E-state index is 0.00753. The number of likely N-dealkylation sites (tertiary alicyclic amines) is 2. The number of hydrogen-bond donors (Lipinski definition) is 1. The van der Waals surface area contributed by atoms with Crippen LogP contribution < -0.4 is 5.73 Å². The van der Waals surface area contributed by atoms with Crippen LogP contribution in [0, 0.1) is 11.8 Å². The average Bonchev–Trinajstić information content (AvgIpc) is 3.27. The van der Waals surface area contributed by atoms with Gasteiger partial charge in [0.1, 0.15) is 0 Å². The lowest BCUT2D eigenvalue weighted by Crippen LogP contribution is -2.33. The first-order valence-corrected chi connectivity index (χ1v) is 10.1. The van der Waals surface area contributed by atoms with Crippen molar-refractivity contribution in [2.45, 2.75) is 12.8 Å². The van der Waals surface area contributed by atoms with E-state index in [-0.39, 0.29) is 5.91 Å². The fourth-order valence-electron chi connectivity index (χ4n) is 4.58. The maximum Gasteiger partial charge on any atom is 0.253 e. The molecule has 2 heterocycles. The Morgan fingerprint density at radius 2 is 1.57 bits per heavy atom. The van der Waals surface area contributed by atoms with Crippen LogP contribution in [-0.2, 0) is 6.42 Å². The van der Waals surface area contributed by atoms with Gasteiger partial charge in [0.05, 0.1) is 0 Å². The fraction of sp³-hybridized carbons (Fsp3) is 0.391. The maximum absolute atomic E-state index is 12.8. The molecule has 2 atom stereocenters. The summed E-state index contributed by atoms with van der Waals surface area (Å²) in [5.74, 6) is 0.618. The van der Waals surface area contributed by atoms with Crippen LogP contribution in [0.4, 0.5) is 0 Å². The molecule has 0 aromatic heterocycles. The van der Waals surface area contributed by atoms with Crippen LogP contribution >= 0.6 is 0 Å². The summed E-state index contributed by atoms with van der Waals surface area (Å²) >= 11 is 0. The van der Waals surface area contributed by atoms with E-state index in [4.69, 9.17) is 5.73 Å². The van der Waals surface area contributed by atoms with Crippen molar-refractivity contribution in [1.82, 2.24) is 9.80 Å². The van der Waals surface area contributed by atoms with E-state index >= 15 is 0 Å². The van der Waals surface area contributed by atoms with Gasteiger partial charge in [-0.3, -0.25) is 9.59 Å². The molecule has 2 saturated heterocycles. The highest BCUT2D eigenvalue weighted by Gasteiger charge is 2.41. The van der Waals surface area contributed by atoms with E-state index < -0.39 is 5.91 Å². The van der Waals surface area contributed by atoms with E-state index in [0.717, 1.165) is 39.1 Å². The molecule has 0 saturated carbocycles. The van der Waals surface area contributed by atoms with Gasteiger partial charge in [-0.25, -0.2) is 0 Å². The second-order valence-corrected chi connectivity index (χ2v) is 8.02. The third-order valence-electron chi connectivity index (χ3n) is 6.03. The number of aryl methyl sites for hydroxylation is 1. The Bertz CT molecular complexity index is 838. The number of hydrogen-bond acceptors (Lipinski definition) is 3. The van der Waals surface area contributed by atoms with Gasteiger partial charge in [0.25, 0.3) is 5.91 Å². The quantitative estimate of drug-likeness (QED) is 0.841. The number of carbonyl (C=O) groups is 2. The Balaban J connectivity index is 1.27. The van der Waals surface area contributed by atoms with Gasteiger partial charge >= 0.3 is 0 Å². The number of primary amides is 1. The summed E-state index contributed by atoms with van der Waals surface area (Å²) in [5, 5.41) is 0. The normalized spacial score (nSPS) is 21.6. The first kappa shape index (κ1) is 18.7. The van der Waals surface area contributed by atoms with Crippen molar-refractivity contribution in [2.24, 2.45) is 17.6 Å². The zero-order chi connectivity index (χ0) is 19.5. The molecule has 2 aliphatic heterocycles. The third-order valence-corrected chi connectivity index (χ3v) is 6.03. The molecule has 2 amide bonds. The molecule has 2 N–H and O–H groups in total. The molecule has 0 aliphatic carbocycles. The van der Waals surface area contributed by atoms with Crippen molar-refractivity contribution in [3.63, 3.8) is 0 Å². The summed E-state index contributed by atoms with van der Waals surface area (Å²) in [6, 6.07) is 17.4. The van der Waals surface area contributed by atoms with Crippen molar-refractivity contribution in [3.05, 3.63) is 71.3 Å². The van der Waals surface area contributed by atoms with Gasteiger partial charge in [-0.2, -0.15) is 0 Å². The topological polar surface area (TPSA) is 66.6 Å². The van der Waals surface area contributed by atoms with Gasteiger partial charge in [-0.15, -0.1) is 0 Å². The number of fused-ring (bicyclic) bond motifs is 1. The zero-order valence-electron chi connectivity index (χ0n) is 16.1. The Hall–Kier alpha value is -2.66. The Labute approximate surface area is 166 Å². The number of nitrogens with zero attached hydrogens (tertiary/aromatic N) is 2. The molecule has 1 unspecified atom stereocenters. The third kappa shape index (κ3) is 4.09. The van der Waals surface area contributed by atoms with E-state index in [2.05, 4.69) is 35.2 Å². The molecule has 28 heavy (non-hydrogen) atoms. The Morgan fingerprint density at radius 1 is 0.893 bits per heavy atom. The summed E-state index contributed by atoms with van der Waals surface area (Å²) in [6.45, 7) is 4.88. The number of amides is 2. The van der Waals surface area contributed by atoms with Gasteiger partial charge < -0.3 is 15.5 Å². The van der Waals surface area contributed by atoms with Crippen LogP contribution in [0.15, 0.2) is 54.6 Å². The van der Waals surface area contributed by atoms with Crippen molar-refractivity contribution < 1.29 is 9.59 Å². The second-order valence-electron chi connectivity index (χ2n) is 8.02. The molecule has 2 aromatic rings. The molecule has 0 spiro atoms. The molecule has 5 nitrogen and oxygen atoms in total. The minimum Gasteiger partial charge on any atom is -0.366 e. The van der Waals surface area contributed by atoms with Gasteiger partial charge in [0, 0.05) is 37.3 Å². The highest BCUT2D eigenvalue weighted by atomic mass is 16.2. The largest absolute Gasteiger partial charge is 0.366 e. The molecule has 2 aromatic carbocycles. The molecular weight excluding hydrogens is 350 g/mol. The predicted octanol–water partition coefficient (Wildman–Crippen LogP) is 2.42. The van der Waals surface area contributed by atoms with Gasteiger partial charge in [0.15, 0.2) is 0 Å². The SMILES string of the molecule is NC(=O)c1cccc(C(=O)N2CC3CN(CCCc4ccccc4)C[C@H]3C2)c1. The molecule has 0 bridgehead atoms. The Morgan fingerprint density at radius 3 is 2.25 bits per heavy atom. The summed E-state index contributed by atoms with van der Waals surface area (Å²) in [4.78, 5) is 28.7. The van der Waals surface area contributed by atoms with Gasteiger partial charge in [-0.05, 0) is 55.0 Å². The minimum atomic E-state index is -0.501. The van der Waals surface area contributed by atoms with Crippen LogP contribution in [0.5, 0.6) is 0 Å². The van der Waals surface area contributed by atoms with E-state index in [9.17, 15) is 9.59 Å². The first-order chi connectivity index (χ1) is 13.6. The smallest absolute Gasteiger partial charge is 0.253 e. The zero-order valence-corrected chi connectivity index (χ0v) is 16.1. The summed E-state index contributed by atoms with van der Waals surface area (Å²) in [5.41, 5.74) is 7.67. The van der Waals surface area contributed by atoms with E-state index in [0.29, 0.717) is 23.0 Å². The molecule has 5 heteroatoms. The number of rotatable bonds is 6. The summed E-state index contributed by atoms with van der Waals surface area (Å²) in [7, 11) is 0. The first-order valence-electron chi connectivity index (χ1n) is 10.1. The van der Waals surface area contributed by atoms with Crippen LogP contribution in [0.2, 0.25) is 0 Å². The highest BCUT2D eigenvalue weighted by molar-refractivity contribution is 5.99. The van der Waals surface area contributed by atoms with E-state index in [1.54, 1.807) is 24.3 Å². The van der Waals surface area contributed by atoms with E-state index in [1.807, 2.05) is 4.90 Å².